The van der Waals surface area contributed by atoms with Gasteiger partial charge in [-0.3, -0.25) is 5.10 Å². The third kappa shape index (κ3) is 2.94. The van der Waals surface area contributed by atoms with Crippen LogP contribution in [0, 0.1) is 4.77 Å². The number of nitrogens with one attached hydrogen (secondary N) is 2. The fourth-order valence-electron chi connectivity index (χ4n) is 1.65. The highest BCUT2D eigenvalue weighted by molar-refractivity contribution is 7.71. The molecule has 5 heteroatoms. The first-order chi connectivity index (χ1) is 8.31. The van der Waals surface area contributed by atoms with Gasteiger partial charge in [0, 0.05) is 6.42 Å². The Morgan fingerprint density at radius 3 is 2.82 bits per heavy atom. The monoisotopic (exact) mass is 248 g/mol. The SMILES string of the molecule is CCCc1n[nH]c(=S)n1NCc1ccccc1. The van der Waals surface area contributed by atoms with Crippen LogP contribution in [0.2, 0.25) is 0 Å². The maximum atomic E-state index is 5.18. The number of benzene rings is 1. The van der Waals surface area contributed by atoms with E-state index in [1.54, 1.807) is 0 Å². The van der Waals surface area contributed by atoms with Crippen molar-refractivity contribution in [3.63, 3.8) is 0 Å². The van der Waals surface area contributed by atoms with Crippen LogP contribution in [0.4, 0.5) is 0 Å². The van der Waals surface area contributed by atoms with Gasteiger partial charge in [0.15, 0.2) is 5.82 Å². The van der Waals surface area contributed by atoms with Crippen molar-refractivity contribution >= 4 is 12.2 Å². The smallest absolute Gasteiger partial charge is 0.214 e. The topological polar surface area (TPSA) is 45.6 Å². The van der Waals surface area contributed by atoms with Gasteiger partial charge in [-0.15, -0.1) is 0 Å². The van der Waals surface area contributed by atoms with E-state index in [9.17, 15) is 0 Å². The van der Waals surface area contributed by atoms with Crippen molar-refractivity contribution in [1.29, 1.82) is 0 Å². The van der Waals surface area contributed by atoms with E-state index in [2.05, 4.69) is 34.7 Å². The molecule has 0 unspecified atom stereocenters. The highest BCUT2D eigenvalue weighted by Crippen LogP contribution is 2.02. The normalized spacial score (nSPS) is 10.4. The van der Waals surface area contributed by atoms with Crippen LogP contribution in [0.3, 0.4) is 0 Å². The summed E-state index contributed by atoms with van der Waals surface area (Å²) in [6.45, 7) is 2.87. The van der Waals surface area contributed by atoms with Gasteiger partial charge in [0.25, 0.3) is 0 Å². The van der Waals surface area contributed by atoms with Crippen LogP contribution in [0.5, 0.6) is 0 Å². The number of hydrogen-bond acceptors (Lipinski definition) is 3. The number of hydrogen-bond donors (Lipinski definition) is 2. The molecule has 0 amide bonds. The lowest BCUT2D eigenvalue weighted by Gasteiger charge is -2.09. The lowest BCUT2D eigenvalue weighted by Crippen LogP contribution is -2.17. The molecule has 0 aliphatic heterocycles. The summed E-state index contributed by atoms with van der Waals surface area (Å²) >= 11 is 5.18. The van der Waals surface area contributed by atoms with Crippen LogP contribution in [0.1, 0.15) is 24.7 Å². The van der Waals surface area contributed by atoms with Gasteiger partial charge < -0.3 is 5.43 Å². The fourth-order valence-corrected chi connectivity index (χ4v) is 1.87. The van der Waals surface area contributed by atoms with Crippen molar-refractivity contribution in [1.82, 2.24) is 14.9 Å². The summed E-state index contributed by atoms with van der Waals surface area (Å²) in [7, 11) is 0. The van der Waals surface area contributed by atoms with E-state index < -0.39 is 0 Å². The number of aromatic nitrogens is 3. The fraction of sp³-hybridized carbons (Fsp3) is 0.333. The first kappa shape index (κ1) is 11.9. The Kier molecular flexibility index (Phi) is 3.93. The lowest BCUT2D eigenvalue weighted by molar-refractivity contribution is 0.731. The number of aromatic amines is 1. The number of aryl methyl sites for hydroxylation is 1. The van der Waals surface area contributed by atoms with E-state index in [4.69, 9.17) is 12.2 Å². The average molecular weight is 248 g/mol. The van der Waals surface area contributed by atoms with Crippen LogP contribution < -0.4 is 5.43 Å². The molecular weight excluding hydrogens is 232 g/mol. The zero-order chi connectivity index (χ0) is 12.1. The largest absolute Gasteiger partial charge is 0.318 e. The molecule has 0 saturated carbocycles. The van der Waals surface area contributed by atoms with E-state index in [0.717, 1.165) is 25.2 Å². The molecule has 17 heavy (non-hydrogen) atoms. The third-order valence-corrected chi connectivity index (χ3v) is 2.77. The van der Waals surface area contributed by atoms with Gasteiger partial charge in [0.1, 0.15) is 0 Å². The van der Waals surface area contributed by atoms with Crippen molar-refractivity contribution in [2.75, 3.05) is 5.43 Å². The Hall–Kier alpha value is -1.62. The molecule has 0 saturated heterocycles. The molecule has 2 aromatic rings. The van der Waals surface area contributed by atoms with Gasteiger partial charge in [0.2, 0.25) is 4.77 Å². The Bertz CT molecular complexity index is 515. The minimum Gasteiger partial charge on any atom is -0.318 e. The zero-order valence-electron chi connectivity index (χ0n) is 9.81. The molecule has 0 spiro atoms. The third-order valence-electron chi connectivity index (χ3n) is 2.50. The highest BCUT2D eigenvalue weighted by atomic mass is 32.1. The van der Waals surface area contributed by atoms with E-state index in [1.165, 1.54) is 5.56 Å². The number of nitrogens with zero attached hydrogens (tertiary/aromatic N) is 2. The van der Waals surface area contributed by atoms with Gasteiger partial charge in [-0.05, 0) is 24.2 Å². The first-order valence-electron chi connectivity index (χ1n) is 5.75. The molecule has 1 aromatic carbocycles. The Morgan fingerprint density at radius 1 is 1.35 bits per heavy atom. The van der Waals surface area contributed by atoms with Gasteiger partial charge >= 0.3 is 0 Å². The summed E-state index contributed by atoms with van der Waals surface area (Å²) in [6.07, 6.45) is 1.96. The molecule has 2 rings (SSSR count). The molecule has 0 atom stereocenters. The maximum absolute atomic E-state index is 5.18. The van der Waals surface area contributed by atoms with Crippen molar-refractivity contribution < 1.29 is 0 Å². The first-order valence-corrected chi connectivity index (χ1v) is 6.16. The van der Waals surface area contributed by atoms with E-state index in [1.807, 2.05) is 22.9 Å². The van der Waals surface area contributed by atoms with E-state index in [0.29, 0.717) is 4.77 Å². The molecule has 90 valence electrons. The summed E-state index contributed by atoms with van der Waals surface area (Å²) < 4.78 is 2.47. The summed E-state index contributed by atoms with van der Waals surface area (Å²) in [6, 6.07) is 10.2. The summed E-state index contributed by atoms with van der Waals surface area (Å²) in [5, 5.41) is 7.01. The van der Waals surface area contributed by atoms with Crippen molar-refractivity contribution in [3.05, 3.63) is 46.5 Å². The maximum Gasteiger partial charge on any atom is 0.214 e. The average Bonchev–Trinajstić information content (AvgIpc) is 2.70. The quantitative estimate of drug-likeness (QED) is 0.800. The molecule has 4 nitrogen and oxygen atoms in total. The molecule has 1 heterocycles. The zero-order valence-corrected chi connectivity index (χ0v) is 10.6. The van der Waals surface area contributed by atoms with Crippen LogP contribution in [-0.4, -0.2) is 14.9 Å². The van der Waals surface area contributed by atoms with Gasteiger partial charge in [-0.2, -0.15) is 5.10 Å². The van der Waals surface area contributed by atoms with Crippen LogP contribution >= 0.6 is 12.2 Å². The van der Waals surface area contributed by atoms with Crippen molar-refractivity contribution in [3.8, 4) is 0 Å². The van der Waals surface area contributed by atoms with Crippen LogP contribution in [-0.2, 0) is 13.0 Å². The minimum atomic E-state index is 0.615. The van der Waals surface area contributed by atoms with E-state index >= 15 is 0 Å². The summed E-state index contributed by atoms with van der Waals surface area (Å²) in [4.78, 5) is 0. The molecule has 0 fully saturated rings. The minimum absolute atomic E-state index is 0.615. The predicted molar refractivity (Wildman–Crippen MR) is 70.9 cm³/mol. The predicted octanol–water partition coefficient (Wildman–Crippen LogP) is 2.64. The van der Waals surface area contributed by atoms with Gasteiger partial charge in [-0.25, -0.2) is 4.68 Å². The number of H-pyrrole nitrogens is 1. The van der Waals surface area contributed by atoms with Gasteiger partial charge in [-0.1, -0.05) is 37.3 Å². The highest BCUT2D eigenvalue weighted by Gasteiger charge is 2.04. The second kappa shape index (κ2) is 5.63. The molecule has 0 bridgehead atoms. The molecule has 0 aliphatic carbocycles. The second-order valence-corrected chi connectivity index (χ2v) is 4.24. The van der Waals surface area contributed by atoms with E-state index in [-0.39, 0.29) is 0 Å². The Labute approximate surface area is 106 Å². The Morgan fingerprint density at radius 2 is 2.12 bits per heavy atom. The molecule has 0 aliphatic rings. The standard InChI is InChI=1S/C12H16N4S/c1-2-6-11-14-15-12(17)16(11)13-9-10-7-4-3-5-8-10/h3-5,7-8,13H,2,6,9H2,1H3,(H,15,17). The molecular formula is C12H16N4S. The molecule has 2 N–H and O–H groups in total. The summed E-state index contributed by atoms with van der Waals surface area (Å²) in [5.74, 6) is 0.952. The van der Waals surface area contributed by atoms with Crippen LogP contribution in [0.15, 0.2) is 30.3 Å². The Balaban J connectivity index is 2.08. The van der Waals surface area contributed by atoms with Gasteiger partial charge in [0.05, 0.1) is 6.54 Å². The molecule has 1 aromatic heterocycles. The molecule has 0 radical (unpaired) electrons. The summed E-state index contributed by atoms with van der Waals surface area (Å²) in [5.41, 5.74) is 4.50. The lowest BCUT2D eigenvalue weighted by atomic mass is 10.2. The van der Waals surface area contributed by atoms with Crippen LogP contribution in [0.25, 0.3) is 0 Å². The van der Waals surface area contributed by atoms with Crippen molar-refractivity contribution in [2.45, 2.75) is 26.3 Å². The second-order valence-electron chi connectivity index (χ2n) is 3.85. The number of rotatable bonds is 5. The van der Waals surface area contributed by atoms with Crippen molar-refractivity contribution in [2.24, 2.45) is 0 Å².